The number of aliphatic hydroxyl groups excluding tert-OH is 1. The summed E-state index contributed by atoms with van der Waals surface area (Å²) in [5.41, 5.74) is 6.02. The van der Waals surface area contributed by atoms with Crippen molar-refractivity contribution in [2.24, 2.45) is 0 Å². The van der Waals surface area contributed by atoms with Crippen molar-refractivity contribution in [1.29, 1.82) is 5.26 Å². The normalized spacial score (nSPS) is 9.23. The zero-order valence-electron chi connectivity index (χ0n) is 6.99. The number of pyridine rings is 1. The molecule has 0 saturated heterocycles. The van der Waals surface area contributed by atoms with Gasteiger partial charge in [-0.05, 0) is 12.1 Å². The molecule has 0 aliphatic rings. The molecule has 5 nitrogen and oxygen atoms in total. The molecule has 4 N–H and O–H groups in total. The molecule has 0 aliphatic heterocycles. The van der Waals surface area contributed by atoms with Crippen LogP contribution in [0.2, 0.25) is 0 Å². The van der Waals surface area contributed by atoms with Gasteiger partial charge in [-0.3, -0.25) is 0 Å². The lowest BCUT2D eigenvalue weighted by Gasteiger charge is -2.03. The van der Waals surface area contributed by atoms with E-state index in [1.54, 1.807) is 12.1 Å². The monoisotopic (exact) mass is 178 g/mol. The van der Waals surface area contributed by atoms with E-state index in [2.05, 4.69) is 10.3 Å². The highest BCUT2D eigenvalue weighted by molar-refractivity contribution is 5.54. The predicted molar refractivity (Wildman–Crippen MR) is 48.9 cm³/mol. The van der Waals surface area contributed by atoms with Crippen molar-refractivity contribution in [2.75, 3.05) is 24.2 Å². The minimum atomic E-state index is 0.0218. The Morgan fingerprint density at radius 2 is 2.38 bits per heavy atom. The van der Waals surface area contributed by atoms with Crippen LogP contribution in [0.25, 0.3) is 0 Å². The molecule has 0 bridgehead atoms. The van der Waals surface area contributed by atoms with E-state index in [-0.39, 0.29) is 12.3 Å². The molecular formula is C8H10N4O. The molecule has 1 aromatic heterocycles. The van der Waals surface area contributed by atoms with Crippen molar-refractivity contribution >= 4 is 11.5 Å². The first-order chi connectivity index (χ1) is 6.27. The van der Waals surface area contributed by atoms with Crippen LogP contribution in [0.4, 0.5) is 11.5 Å². The summed E-state index contributed by atoms with van der Waals surface area (Å²) in [6.07, 6.45) is 0. The third-order valence-electron chi connectivity index (χ3n) is 1.45. The Bertz CT molecular complexity index is 331. The lowest BCUT2D eigenvalue weighted by atomic mass is 10.3. The van der Waals surface area contributed by atoms with E-state index in [1.165, 1.54) is 0 Å². The van der Waals surface area contributed by atoms with Crippen LogP contribution in [0.1, 0.15) is 5.69 Å². The average molecular weight is 178 g/mol. The van der Waals surface area contributed by atoms with Crippen LogP contribution < -0.4 is 11.1 Å². The second-order valence-corrected chi connectivity index (χ2v) is 2.40. The van der Waals surface area contributed by atoms with Crippen molar-refractivity contribution in [2.45, 2.75) is 0 Å². The lowest BCUT2D eigenvalue weighted by Crippen LogP contribution is -2.07. The fraction of sp³-hybridized carbons (Fsp3) is 0.250. The summed E-state index contributed by atoms with van der Waals surface area (Å²) in [5.74, 6) is 0.541. The summed E-state index contributed by atoms with van der Waals surface area (Å²) in [5, 5.41) is 20.0. The van der Waals surface area contributed by atoms with Gasteiger partial charge >= 0.3 is 0 Å². The topological polar surface area (TPSA) is 95.0 Å². The summed E-state index contributed by atoms with van der Waals surface area (Å²) < 4.78 is 0. The molecular weight excluding hydrogens is 168 g/mol. The van der Waals surface area contributed by atoms with E-state index in [9.17, 15) is 0 Å². The van der Waals surface area contributed by atoms with Crippen molar-refractivity contribution in [3.8, 4) is 6.07 Å². The minimum absolute atomic E-state index is 0.0218. The Hall–Kier alpha value is -1.80. The number of nitrogen functional groups attached to an aromatic ring is 1. The molecule has 0 amide bonds. The van der Waals surface area contributed by atoms with Gasteiger partial charge in [0.25, 0.3) is 0 Å². The van der Waals surface area contributed by atoms with Gasteiger partial charge in [0.2, 0.25) is 0 Å². The van der Waals surface area contributed by atoms with Crippen molar-refractivity contribution in [1.82, 2.24) is 4.98 Å². The number of hydrogen-bond acceptors (Lipinski definition) is 5. The smallest absolute Gasteiger partial charge is 0.165 e. The second-order valence-electron chi connectivity index (χ2n) is 2.40. The Balaban J connectivity index is 2.82. The van der Waals surface area contributed by atoms with Gasteiger partial charge < -0.3 is 16.2 Å². The second kappa shape index (κ2) is 4.28. The van der Waals surface area contributed by atoms with Gasteiger partial charge in [0.05, 0.1) is 12.3 Å². The van der Waals surface area contributed by atoms with E-state index in [0.29, 0.717) is 18.1 Å². The average Bonchev–Trinajstić information content (AvgIpc) is 2.16. The maximum absolute atomic E-state index is 8.60. The number of nitriles is 1. The first-order valence-corrected chi connectivity index (χ1v) is 3.79. The zero-order chi connectivity index (χ0) is 9.68. The molecule has 68 valence electrons. The number of aliphatic hydroxyl groups is 1. The van der Waals surface area contributed by atoms with Gasteiger partial charge in [0.1, 0.15) is 11.9 Å². The summed E-state index contributed by atoms with van der Waals surface area (Å²) in [6.45, 7) is 0.426. The SMILES string of the molecule is N#Cc1nc(NCCO)ccc1N. The van der Waals surface area contributed by atoms with E-state index >= 15 is 0 Å². The number of anilines is 2. The number of nitrogens with one attached hydrogen (secondary N) is 1. The highest BCUT2D eigenvalue weighted by Gasteiger charge is 2.00. The molecule has 13 heavy (non-hydrogen) atoms. The summed E-state index contributed by atoms with van der Waals surface area (Å²) >= 11 is 0. The van der Waals surface area contributed by atoms with Crippen LogP contribution in [-0.2, 0) is 0 Å². The molecule has 0 radical (unpaired) electrons. The largest absolute Gasteiger partial charge is 0.396 e. The Morgan fingerprint density at radius 1 is 1.62 bits per heavy atom. The maximum atomic E-state index is 8.60. The summed E-state index contributed by atoms with van der Waals surface area (Å²) in [4.78, 5) is 3.92. The van der Waals surface area contributed by atoms with E-state index in [1.807, 2.05) is 6.07 Å². The predicted octanol–water partition coefficient (Wildman–Crippen LogP) is -0.0603. The number of nitrogens with zero attached hydrogens (tertiary/aromatic N) is 2. The molecule has 0 spiro atoms. The molecule has 0 saturated carbocycles. The third-order valence-corrected chi connectivity index (χ3v) is 1.45. The maximum Gasteiger partial charge on any atom is 0.165 e. The number of rotatable bonds is 3. The highest BCUT2D eigenvalue weighted by Crippen LogP contribution is 2.11. The Labute approximate surface area is 75.8 Å². The Kier molecular flexibility index (Phi) is 3.06. The summed E-state index contributed by atoms with van der Waals surface area (Å²) in [7, 11) is 0. The van der Waals surface area contributed by atoms with Gasteiger partial charge in [0, 0.05) is 6.54 Å². The number of nitrogens with two attached hydrogens (primary N) is 1. The van der Waals surface area contributed by atoms with Crippen LogP contribution in [0.15, 0.2) is 12.1 Å². The van der Waals surface area contributed by atoms with Crippen LogP contribution in [0.5, 0.6) is 0 Å². The van der Waals surface area contributed by atoms with Gasteiger partial charge in [-0.15, -0.1) is 0 Å². The van der Waals surface area contributed by atoms with Crippen LogP contribution in [-0.4, -0.2) is 23.2 Å². The van der Waals surface area contributed by atoms with Gasteiger partial charge in [-0.2, -0.15) is 5.26 Å². The van der Waals surface area contributed by atoms with E-state index in [4.69, 9.17) is 16.1 Å². The molecule has 1 heterocycles. The zero-order valence-corrected chi connectivity index (χ0v) is 6.99. The van der Waals surface area contributed by atoms with Gasteiger partial charge in [-0.1, -0.05) is 0 Å². The first-order valence-electron chi connectivity index (χ1n) is 3.79. The van der Waals surface area contributed by atoms with Gasteiger partial charge in [0.15, 0.2) is 5.69 Å². The molecule has 0 aromatic carbocycles. The third kappa shape index (κ3) is 2.32. The minimum Gasteiger partial charge on any atom is -0.396 e. The molecule has 1 rings (SSSR count). The van der Waals surface area contributed by atoms with E-state index in [0.717, 1.165) is 0 Å². The van der Waals surface area contributed by atoms with Gasteiger partial charge in [-0.25, -0.2) is 4.98 Å². The van der Waals surface area contributed by atoms with E-state index < -0.39 is 0 Å². The van der Waals surface area contributed by atoms with Crippen molar-refractivity contribution < 1.29 is 5.11 Å². The van der Waals surface area contributed by atoms with Crippen molar-refractivity contribution in [3.05, 3.63) is 17.8 Å². The number of aromatic nitrogens is 1. The molecule has 0 unspecified atom stereocenters. The first kappa shape index (κ1) is 9.29. The standard InChI is InChI=1S/C8H10N4O/c9-5-7-6(10)1-2-8(12-7)11-3-4-13/h1-2,13H,3-4,10H2,(H,11,12). The summed E-state index contributed by atoms with van der Waals surface area (Å²) in [6, 6.07) is 5.13. The Morgan fingerprint density at radius 3 is 3.00 bits per heavy atom. The number of hydrogen-bond donors (Lipinski definition) is 3. The molecule has 0 aliphatic carbocycles. The van der Waals surface area contributed by atoms with Crippen molar-refractivity contribution in [3.63, 3.8) is 0 Å². The fourth-order valence-electron chi connectivity index (χ4n) is 0.842. The van der Waals surface area contributed by atoms with Crippen LogP contribution in [0.3, 0.4) is 0 Å². The molecule has 5 heteroatoms. The lowest BCUT2D eigenvalue weighted by molar-refractivity contribution is 0.311. The van der Waals surface area contributed by atoms with Crippen LogP contribution in [0, 0.1) is 11.3 Å². The highest BCUT2D eigenvalue weighted by atomic mass is 16.3. The van der Waals surface area contributed by atoms with Crippen LogP contribution >= 0.6 is 0 Å². The molecule has 0 fully saturated rings. The quantitative estimate of drug-likeness (QED) is 0.602. The molecule has 1 aromatic rings. The fourth-order valence-corrected chi connectivity index (χ4v) is 0.842. The molecule has 0 atom stereocenters.